The zero-order chi connectivity index (χ0) is 17.1. The zero-order valence-electron chi connectivity index (χ0n) is 13.5. The third kappa shape index (κ3) is 3.79. The molecule has 2 aromatic rings. The summed E-state index contributed by atoms with van der Waals surface area (Å²) in [7, 11) is 0. The molecule has 1 N–H and O–H groups in total. The molecule has 2 heterocycles. The van der Waals surface area contributed by atoms with E-state index in [2.05, 4.69) is 12.2 Å². The van der Waals surface area contributed by atoms with Crippen molar-refractivity contribution >= 4 is 23.2 Å². The van der Waals surface area contributed by atoms with Crippen LogP contribution in [0.2, 0.25) is 5.02 Å². The van der Waals surface area contributed by atoms with Crippen LogP contribution in [0, 0.1) is 5.82 Å². The van der Waals surface area contributed by atoms with Gasteiger partial charge in [-0.05, 0) is 50.1 Å². The predicted molar refractivity (Wildman–Crippen MR) is 91.8 cm³/mol. The summed E-state index contributed by atoms with van der Waals surface area (Å²) in [5.74, 6) is 0.409. The Labute approximate surface area is 145 Å². The fraction of sp³-hybridized carbons (Fsp3) is 0.389. The Balaban J connectivity index is 1.56. The van der Waals surface area contributed by atoms with Gasteiger partial charge in [0.25, 0.3) is 0 Å². The molecule has 1 saturated heterocycles. The highest BCUT2D eigenvalue weighted by Gasteiger charge is 2.33. The van der Waals surface area contributed by atoms with Gasteiger partial charge in [-0.15, -0.1) is 0 Å². The minimum Gasteiger partial charge on any atom is -0.469 e. The Morgan fingerprint density at radius 1 is 1.46 bits per heavy atom. The van der Waals surface area contributed by atoms with Gasteiger partial charge in [0.1, 0.15) is 11.6 Å². The number of halogens is 2. The van der Waals surface area contributed by atoms with Gasteiger partial charge in [0, 0.05) is 24.7 Å². The van der Waals surface area contributed by atoms with Crippen molar-refractivity contribution in [2.75, 3.05) is 11.4 Å². The van der Waals surface area contributed by atoms with Gasteiger partial charge >= 0.3 is 0 Å². The van der Waals surface area contributed by atoms with Crippen LogP contribution in [-0.4, -0.2) is 24.5 Å². The Kier molecular flexibility index (Phi) is 5.21. The van der Waals surface area contributed by atoms with Gasteiger partial charge in [-0.1, -0.05) is 11.6 Å². The van der Waals surface area contributed by atoms with Gasteiger partial charge in [0.05, 0.1) is 17.3 Å². The number of benzene rings is 1. The van der Waals surface area contributed by atoms with Crippen molar-refractivity contribution in [1.29, 1.82) is 0 Å². The Bertz CT molecular complexity index is 705. The van der Waals surface area contributed by atoms with E-state index in [9.17, 15) is 9.18 Å². The number of nitrogens with zero attached hydrogens (tertiary/aromatic N) is 1. The molecule has 3 rings (SSSR count). The highest BCUT2D eigenvalue weighted by atomic mass is 35.5. The van der Waals surface area contributed by atoms with E-state index in [1.807, 2.05) is 12.1 Å². The number of hydrogen-bond donors (Lipinski definition) is 1. The second kappa shape index (κ2) is 7.36. The molecule has 1 aromatic carbocycles. The topological polar surface area (TPSA) is 45.5 Å². The molecular formula is C18H20ClFN2O2. The molecule has 6 heteroatoms. The van der Waals surface area contributed by atoms with Gasteiger partial charge in [-0.2, -0.15) is 0 Å². The molecule has 0 radical (unpaired) electrons. The number of carbonyl (C=O) groups excluding carboxylic acids is 1. The van der Waals surface area contributed by atoms with Gasteiger partial charge in [-0.3, -0.25) is 4.79 Å². The quantitative estimate of drug-likeness (QED) is 0.862. The summed E-state index contributed by atoms with van der Waals surface area (Å²) in [5.41, 5.74) is 0.550. The number of amides is 1. The van der Waals surface area contributed by atoms with Gasteiger partial charge in [-0.25, -0.2) is 4.39 Å². The molecule has 128 valence electrons. The van der Waals surface area contributed by atoms with Crippen LogP contribution < -0.4 is 10.2 Å². The van der Waals surface area contributed by atoms with E-state index in [-0.39, 0.29) is 23.0 Å². The SMILES string of the molecule is C[C@@H](CCc1ccco1)N[C@H]1CCN(c2ccc(Cl)c(F)c2)C1=O. The average molecular weight is 351 g/mol. The number of anilines is 1. The molecule has 0 aliphatic carbocycles. The Morgan fingerprint density at radius 3 is 3.00 bits per heavy atom. The maximum atomic E-state index is 13.6. The monoisotopic (exact) mass is 350 g/mol. The summed E-state index contributed by atoms with van der Waals surface area (Å²) < 4.78 is 18.9. The number of nitrogens with one attached hydrogen (secondary N) is 1. The number of hydrogen-bond acceptors (Lipinski definition) is 3. The second-order valence-electron chi connectivity index (χ2n) is 6.12. The standard InChI is InChI=1S/C18H20ClFN2O2/c1-12(4-6-14-3-2-10-24-14)21-17-8-9-22(18(17)23)13-5-7-15(19)16(20)11-13/h2-3,5,7,10-12,17,21H,4,6,8-9H2,1H3/t12-,17-/m0/s1. The van der Waals surface area contributed by atoms with Crippen molar-refractivity contribution < 1.29 is 13.6 Å². The zero-order valence-corrected chi connectivity index (χ0v) is 14.2. The Morgan fingerprint density at radius 2 is 2.29 bits per heavy atom. The first-order chi connectivity index (χ1) is 11.5. The van der Waals surface area contributed by atoms with E-state index < -0.39 is 5.82 Å². The molecule has 2 atom stereocenters. The molecule has 0 bridgehead atoms. The van der Waals surface area contributed by atoms with Crippen molar-refractivity contribution in [2.24, 2.45) is 0 Å². The van der Waals surface area contributed by atoms with Crippen molar-refractivity contribution in [3.05, 3.63) is 53.2 Å². The van der Waals surface area contributed by atoms with Crippen molar-refractivity contribution in [3.63, 3.8) is 0 Å². The maximum absolute atomic E-state index is 13.6. The highest BCUT2D eigenvalue weighted by Crippen LogP contribution is 2.26. The lowest BCUT2D eigenvalue weighted by molar-refractivity contribution is -0.119. The number of aryl methyl sites for hydroxylation is 1. The molecule has 1 aliphatic rings. The molecule has 0 unspecified atom stereocenters. The summed E-state index contributed by atoms with van der Waals surface area (Å²) >= 11 is 5.70. The lowest BCUT2D eigenvalue weighted by Crippen LogP contribution is -2.42. The van der Waals surface area contributed by atoms with E-state index in [0.717, 1.165) is 18.6 Å². The lowest BCUT2D eigenvalue weighted by Gasteiger charge is -2.20. The number of carbonyl (C=O) groups is 1. The normalized spacial score (nSPS) is 19.0. The summed E-state index contributed by atoms with van der Waals surface area (Å²) in [5, 5.41) is 3.43. The van der Waals surface area contributed by atoms with Crippen molar-refractivity contribution in [2.45, 2.75) is 38.3 Å². The van der Waals surface area contributed by atoms with Crippen LogP contribution in [0.5, 0.6) is 0 Å². The fourth-order valence-corrected chi connectivity index (χ4v) is 3.10. The van der Waals surface area contributed by atoms with Crippen molar-refractivity contribution in [1.82, 2.24) is 5.32 Å². The third-order valence-electron chi connectivity index (χ3n) is 4.31. The first-order valence-corrected chi connectivity index (χ1v) is 8.47. The van der Waals surface area contributed by atoms with Gasteiger partial charge < -0.3 is 14.6 Å². The van der Waals surface area contributed by atoms with E-state index in [0.29, 0.717) is 18.7 Å². The first-order valence-electron chi connectivity index (χ1n) is 8.09. The van der Waals surface area contributed by atoms with Crippen LogP contribution in [0.25, 0.3) is 0 Å². The largest absolute Gasteiger partial charge is 0.469 e. The van der Waals surface area contributed by atoms with E-state index in [4.69, 9.17) is 16.0 Å². The average Bonchev–Trinajstić information content (AvgIpc) is 3.19. The van der Waals surface area contributed by atoms with Gasteiger partial charge in [0.15, 0.2) is 0 Å². The molecule has 0 spiro atoms. The van der Waals surface area contributed by atoms with Crippen LogP contribution in [-0.2, 0) is 11.2 Å². The smallest absolute Gasteiger partial charge is 0.244 e. The van der Waals surface area contributed by atoms with E-state index >= 15 is 0 Å². The summed E-state index contributed by atoms with van der Waals surface area (Å²) in [6, 6.07) is 8.23. The minimum absolute atomic E-state index is 0.0263. The minimum atomic E-state index is -0.509. The summed E-state index contributed by atoms with van der Waals surface area (Å²) in [4.78, 5) is 14.2. The van der Waals surface area contributed by atoms with E-state index in [1.54, 1.807) is 17.2 Å². The second-order valence-corrected chi connectivity index (χ2v) is 6.52. The molecule has 1 fully saturated rings. The summed E-state index contributed by atoms with van der Waals surface area (Å²) in [6.45, 7) is 2.63. The molecular weight excluding hydrogens is 331 g/mol. The van der Waals surface area contributed by atoms with Crippen LogP contribution in [0.4, 0.5) is 10.1 Å². The van der Waals surface area contributed by atoms with Crippen LogP contribution in [0.15, 0.2) is 41.0 Å². The van der Waals surface area contributed by atoms with Crippen molar-refractivity contribution in [3.8, 4) is 0 Å². The molecule has 4 nitrogen and oxygen atoms in total. The lowest BCUT2D eigenvalue weighted by atomic mass is 10.1. The molecule has 24 heavy (non-hydrogen) atoms. The molecule has 1 aliphatic heterocycles. The maximum Gasteiger partial charge on any atom is 0.244 e. The highest BCUT2D eigenvalue weighted by molar-refractivity contribution is 6.30. The molecule has 1 aromatic heterocycles. The molecule has 1 amide bonds. The predicted octanol–water partition coefficient (Wildman–Crippen LogP) is 3.79. The summed E-state index contributed by atoms with van der Waals surface area (Å²) in [6.07, 6.45) is 4.08. The van der Waals surface area contributed by atoms with Crippen LogP contribution in [0.3, 0.4) is 0 Å². The van der Waals surface area contributed by atoms with E-state index in [1.165, 1.54) is 12.1 Å². The number of furan rings is 1. The van der Waals surface area contributed by atoms with Crippen LogP contribution in [0.1, 0.15) is 25.5 Å². The number of rotatable bonds is 6. The van der Waals surface area contributed by atoms with Crippen LogP contribution >= 0.6 is 11.6 Å². The Hall–Kier alpha value is -1.85. The third-order valence-corrected chi connectivity index (χ3v) is 4.62. The first kappa shape index (κ1) is 17.0. The van der Waals surface area contributed by atoms with Gasteiger partial charge in [0.2, 0.25) is 5.91 Å². The fourth-order valence-electron chi connectivity index (χ4n) is 2.98. The molecule has 0 saturated carbocycles.